The summed E-state index contributed by atoms with van der Waals surface area (Å²) in [7, 11) is 0. The molecule has 0 unspecified atom stereocenters. The molecular formula is C20H20CuN4+. The third-order valence-electron chi connectivity index (χ3n) is 2.27. The molecule has 0 spiro atoms. The van der Waals surface area contributed by atoms with Crippen LogP contribution in [0.25, 0.3) is 0 Å². The van der Waals surface area contributed by atoms with Crippen LogP contribution in [0.1, 0.15) is 0 Å². The van der Waals surface area contributed by atoms with Gasteiger partial charge in [-0.1, -0.05) is 24.3 Å². The molecule has 0 saturated heterocycles. The predicted molar refractivity (Wildman–Crippen MR) is 96.9 cm³/mol. The van der Waals surface area contributed by atoms with E-state index in [2.05, 4.69) is 19.9 Å². The van der Waals surface area contributed by atoms with Crippen molar-refractivity contribution in [2.24, 2.45) is 0 Å². The molecular weight excluding hydrogens is 360 g/mol. The summed E-state index contributed by atoms with van der Waals surface area (Å²) in [5.41, 5.74) is 0. The molecule has 0 amide bonds. The first kappa shape index (κ1) is 22.1. The van der Waals surface area contributed by atoms with E-state index < -0.39 is 0 Å². The fourth-order valence-electron chi connectivity index (χ4n) is 1.25. The van der Waals surface area contributed by atoms with E-state index in [0.29, 0.717) is 0 Å². The Morgan fingerprint density at radius 2 is 0.400 bits per heavy atom. The normalized spacial score (nSPS) is 7.68. The smallest absolute Gasteiger partial charge is 0.265 e. The van der Waals surface area contributed by atoms with E-state index in [4.69, 9.17) is 0 Å². The zero-order valence-electron chi connectivity index (χ0n) is 13.6. The standard InChI is InChI=1S/4C5H5N.Cu/c4*1-2-4-6-5-3-1;/h4*1-5H;/q;;;;+1. The maximum absolute atomic E-state index is 3.78. The van der Waals surface area contributed by atoms with E-state index >= 15 is 0 Å². The number of hydrogen-bond donors (Lipinski definition) is 0. The fraction of sp³-hybridized carbons (Fsp3) is 0. The van der Waals surface area contributed by atoms with Crippen LogP contribution in [-0.4, -0.2) is 19.9 Å². The molecule has 25 heavy (non-hydrogen) atoms. The molecule has 5 heteroatoms. The van der Waals surface area contributed by atoms with Crippen LogP contribution in [0.5, 0.6) is 0 Å². The van der Waals surface area contributed by atoms with Crippen LogP contribution in [0.4, 0.5) is 0 Å². The van der Waals surface area contributed by atoms with Crippen molar-refractivity contribution in [3.8, 4) is 0 Å². The molecule has 0 aliphatic carbocycles. The van der Waals surface area contributed by atoms with Gasteiger partial charge in [0, 0.05) is 49.6 Å². The van der Waals surface area contributed by atoms with Gasteiger partial charge in [0.25, 0.3) is 0 Å². The van der Waals surface area contributed by atoms with Crippen molar-refractivity contribution < 1.29 is 17.1 Å². The second-order valence-electron chi connectivity index (χ2n) is 4.10. The van der Waals surface area contributed by atoms with Crippen molar-refractivity contribution in [2.75, 3.05) is 0 Å². The molecule has 0 saturated carbocycles. The van der Waals surface area contributed by atoms with E-state index in [1.807, 2.05) is 72.8 Å². The van der Waals surface area contributed by atoms with Crippen molar-refractivity contribution in [2.45, 2.75) is 0 Å². The van der Waals surface area contributed by atoms with Gasteiger partial charge in [-0.2, -0.15) is 0 Å². The van der Waals surface area contributed by atoms with Crippen LogP contribution < -0.4 is 0 Å². The average molecular weight is 380 g/mol. The van der Waals surface area contributed by atoms with Gasteiger partial charge in [-0.25, -0.2) is 0 Å². The molecule has 4 heterocycles. The minimum Gasteiger partial charge on any atom is -0.265 e. The van der Waals surface area contributed by atoms with E-state index in [9.17, 15) is 0 Å². The molecule has 4 aromatic rings. The van der Waals surface area contributed by atoms with Crippen molar-refractivity contribution >= 4 is 0 Å². The predicted octanol–water partition coefficient (Wildman–Crippen LogP) is 4.32. The van der Waals surface area contributed by atoms with Gasteiger partial charge in [0.1, 0.15) is 0 Å². The molecule has 4 nitrogen and oxygen atoms in total. The Morgan fingerprint density at radius 1 is 0.240 bits per heavy atom. The minimum absolute atomic E-state index is 0. The Kier molecular flexibility index (Phi) is 17.0. The van der Waals surface area contributed by atoms with Crippen molar-refractivity contribution in [3.63, 3.8) is 0 Å². The Balaban J connectivity index is 0.000000303. The number of aromatic nitrogens is 4. The fourth-order valence-corrected chi connectivity index (χ4v) is 1.25. The summed E-state index contributed by atoms with van der Waals surface area (Å²) in [5.74, 6) is 0. The SMILES string of the molecule is [Cu+].c1ccncc1.c1ccncc1.c1ccncc1.c1ccncc1. The molecule has 4 aromatic heterocycles. The average Bonchev–Trinajstić information content (AvgIpc) is 2.75. The van der Waals surface area contributed by atoms with Crippen LogP contribution in [-0.2, 0) is 17.1 Å². The van der Waals surface area contributed by atoms with Crippen LogP contribution in [0.2, 0.25) is 0 Å². The van der Waals surface area contributed by atoms with Gasteiger partial charge in [0.2, 0.25) is 0 Å². The third-order valence-corrected chi connectivity index (χ3v) is 2.27. The molecule has 0 aliphatic rings. The van der Waals surface area contributed by atoms with Crippen LogP contribution in [0.3, 0.4) is 0 Å². The number of pyridine rings is 4. The zero-order chi connectivity index (χ0) is 17.0. The molecule has 0 aliphatic heterocycles. The molecule has 0 bridgehead atoms. The molecule has 0 fully saturated rings. The van der Waals surface area contributed by atoms with E-state index in [1.54, 1.807) is 49.6 Å². The summed E-state index contributed by atoms with van der Waals surface area (Å²) in [4.78, 5) is 15.1. The van der Waals surface area contributed by atoms with Gasteiger partial charge in [-0.05, 0) is 48.5 Å². The topological polar surface area (TPSA) is 51.6 Å². The molecule has 130 valence electrons. The van der Waals surface area contributed by atoms with E-state index in [-0.39, 0.29) is 17.1 Å². The van der Waals surface area contributed by atoms with Gasteiger partial charge >= 0.3 is 17.1 Å². The summed E-state index contributed by atoms with van der Waals surface area (Å²) in [6.07, 6.45) is 14.0. The minimum atomic E-state index is 0. The van der Waals surface area contributed by atoms with Gasteiger partial charge in [0.05, 0.1) is 0 Å². The maximum atomic E-state index is 3.78. The summed E-state index contributed by atoms with van der Waals surface area (Å²) in [6.45, 7) is 0. The molecule has 4 rings (SSSR count). The summed E-state index contributed by atoms with van der Waals surface area (Å²) in [5, 5.41) is 0. The monoisotopic (exact) mass is 379 g/mol. The summed E-state index contributed by atoms with van der Waals surface area (Å²) >= 11 is 0. The second-order valence-corrected chi connectivity index (χ2v) is 4.10. The first-order chi connectivity index (χ1) is 12.0. The Bertz CT molecular complexity index is 436. The maximum Gasteiger partial charge on any atom is 1.00 e. The Morgan fingerprint density at radius 3 is 0.440 bits per heavy atom. The summed E-state index contributed by atoms with van der Waals surface area (Å²) in [6, 6.07) is 22.9. The third kappa shape index (κ3) is 17.3. The van der Waals surface area contributed by atoms with Crippen LogP contribution in [0, 0.1) is 0 Å². The van der Waals surface area contributed by atoms with Crippen molar-refractivity contribution in [3.05, 3.63) is 122 Å². The van der Waals surface area contributed by atoms with Gasteiger partial charge in [-0.3, -0.25) is 19.9 Å². The van der Waals surface area contributed by atoms with Gasteiger partial charge < -0.3 is 0 Å². The second kappa shape index (κ2) is 19.2. The van der Waals surface area contributed by atoms with Gasteiger partial charge in [-0.15, -0.1) is 0 Å². The Labute approximate surface area is 159 Å². The number of nitrogens with zero attached hydrogens (tertiary/aromatic N) is 4. The molecule has 0 radical (unpaired) electrons. The van der Waals surface area contributed by atoms with E-state index in [1.165, 1.54) is 0 Å². The summed E-state index contributed by atoms with van der Waals surface area (Å²) < 4.78 is 0. The molecule has 0 atom stereocenters. The molecule has 0 N–H and O–H groups in total. The van der Waals surface area contributed by atoms with Crippen LogP contribution in [0.15, 0.2) is 122 Å². The number of hydrogen-bond acceptors (Lipinski definition) is 4. The first-order valence-corrected chi connectivity index (χ1v) is 7.40. The largest absolute Gasteiger partial charge is 1.00 e. The van der Waals surface area contributed by atoms with E-state index in [0.717, 1.165) is 0 Å². The van der Waals surface area contributed by atoms with Gasteiger partial charge in [0.15, 0.2) is 0 Å². The quantitative estimate of drug-likeness (QED) is 0.427. The van der Waals surface area contributed by atoms with Crippen LogP contribution >= 0.6 is 0 Å². The zero-order valence-corrected chi connectivity index (χ0v) is 14.6. The number of rotatable bonds is 0. The van der Waals surface area contributed by atoms with Crippen molar-refractivity contribution in [1.29, 1.82) is 0 Å². The van der Waals surface area contributed by atoms with Crippen molar-refractivity contribution in [1.82, 2.24) is 19.9 Å². The Hall–Kier alpha value is -2.88. The molecule has 0 aromatic carbocycles. The first-order valence-electron chi connectivity index (χ1n) is 7.40.